The van der Waals surface area contributed by atoms with Gasteiger partial charge >= 0.3 is 6.18 Å². The maximum atomic E-state index is 12.7. The van der Waals surface area contributed by atoms with Gasteiger partial charge in [-0.05, 0) is 54.6 Å². The lowest BCUT2D eigenvalue weighted by atomic mass is 10.1. The minimum Gasteiger partial charge on any atom is -0.355 e. The van der Waals surface area contributed by atoms with E-state index in [1.165, 1.54) is 18.5 Å². The maximum Gasteiger partial charge on any atom is 0.416 e. The van der Waals surface area contributed by atoms with E-state index in [9.17, 15) is 13.2 Å². The van der Waals surface area contributed by atoms with Crippen molar-refractivity contribution in [3.63, 3.8) is 0 Å². The number of aromatic nitrogens is 2. The molecule has 4 nitrogen and oxygen atoms in total. The minimum absolute atomic E-state index is 0.464. The Kier molecular flexibility index (Phi) is 5.77. The third kappa shape index (κ3) is 5.13. The second-order valence-electron chi connectivity index (χ2n) is 6.67. The summed E-state index contributed by atoms with van der Waals surface area (Å²) in [6.45, 7) is 0. The number of anilines is 4. The highest BCUT2D eigenvalue weighted by Crippen LogP contribution is 2.32. The quantitative estimate of drug-likeness (QED) is 0.342. The van der Waals surface area contributed by atoms with Crippen molar-refractivity contribution in [2.45, 2.75) is 6.18 Å². The number of halogens is 4. The van der Waals surface area contributed by atoms with E-state index >= 15 is 0 Å². The molecule has 0 saturated heterocycles. The zero-order valence-corrected chi connectivity index (χ0v) is 16.7. The zero-order valence-electron chi connectivity index (χ0n) is 16.0. The largest absolute Gasteiger partial charge is 0.416 e. The number of nitrogens with zero attached hydrogens (tertiary/aromatic N) is 2. The van der Waals surface area contributed by atoms with Crippen molar-refractivity contribution < 1.29 is 13.2 Å². The van der Waals surface area contributed by atoms with Crippen molar-refractivity contribution in [2.75, 3.05) is 10.6 Å². The predicted octanol–water partition coefficient (Wildman–Crippen LogP) is 7.30. The Morgan fingerprint density at radius 3 is 2.10 bits per heavy atom. The molecule has 0 radical (unpaired) electrons. The van der Waals surface area contributed by atoms with Gasteiger partial charge in [-0.2, -0.15) is 13.2 Å². The van der Waals surface area contributed by atoms with Gasteiger partial charge < -0.3 is 10.6 Å². The fourth-order valence-corrected chi connectivity index (χ4v) is 3.09. The van der Waals surface area contributed by atoms with Crippen LogP contribution in [-0.2, 0) is 6.18 Å². The molecule has 0 aliphatic carbocycles. The van der Waals surface area contributed by atoms with E-state index < -0.39 is 11.7 Å². The number of hydrogen-bond acceptors (Lipinski definition) is 4. The number of para-hydroxylation sites is 1. The van der Waals surface area contributed by atoms with E-state index in [4.69, 9.17) is 11.6 Å². The molecule has 0 atom stereocenters. The standard InChI is InChI=1S/C23H16ClF3N4/c24-16-7-11-17(12-8-16)30-20-4-2-1-3-19(20)21-13-22(29-14-28-21)31-18-9-5-15(6-10-18)23(25,26)27/h1-14,30H,(H,28,29,31). The number of alkyl halides is 3. The molecule has 1 heterocycles. The van der Waals surface area contributed by atoms with Crippen LogP contribution in [0.5, 0.6) is 0 Å². The number of benzene rings is 3. The summed E-state index contributed by atoms with van der Waals surface area (Å²) in [6, 6.07) is 21.5. The van der Waals surface area contributed by atoms with Crippen LogP contribution in [0, 0.1) is 0 Å². The lowest BCUT2D eigenvalue weighted by Crippen LogP contribution is -2.04. The van der Waals surface area contributed by atoms with Crippen molar-refractivity contribution >= 4 is 34.5 Å². The molecule has 2 N–H and O–H groups in total. The van der Waals surface area contributed by atoms with Crippen LogP contribution in [0.2, 0.25) is 5.02 Å². The first-order valence-corrected chi connectivity index (χ1v) is 9.64. The highest BCUT2D eigenvalue weighted by atomic mass is 35.5. The Balaban J connectivity index is 1.58. The highest BCUT2D eigenvalue weighted by Gasteiger charge is 2.29. The summed E-state index contributed by atoms with van der Waals surface area (Å²) in [5, 5.41) is 7.00. The number of nitrogens with one attached hydrogen (secondary N) is 2. The van der Waals surface area contributed by atoms with Crippen LogP contribution in [0.4, 0.5) is 36.1 Å². The molecule has 4 aromatic rings. The van der Waals surface area contributed by atoms with Crippen molar-refractivity contribution in [2.24, 2.45) is 0 Å². The third-order valence-electron chi connectivity index (χ3n) is 4.48. The molecule has 0 fully saturated rings. The van der Waals surface area contributed by atoms with Gasteiger partial charge in [0.15, 0.2) is 0 Å². The summed E-state index contributed by atoms with van der Waals surface area (Å²) in [5.74, 6) is 0.464. The van der Waals surface area contributed by atoms with E-state index in [0.717, 1.165) is 29.1 Å². The first-order chi connectivity index (χ1) is 14.9. The van der Waals surface area contributed by atoms with Crippen LogP contribution in [0.25, 0.3) is 11.3 Å². The van der Waals surface area contributed by atoms with Crippen LogP contribution in [-0.4, -0.2) is 9.97 Å². The fourth-order valence-electron chi connectivity index (χ4n) is 2.97. The lowest BCUT2D eigenvalue weighted by molar-refractivity contribution is -0.137. The Labute approximate surface area is 181 Å². The first-order valence-electron chi connectivity index (χ1n) is 9.27. The molecule has 0 unspecified atom stereocenters. The Bertz CT molecular complexity index is 1180. The second-order valence-corrected chi connectivity index (χ2v) is 7.10. The lowest BCUT2D eigenvalue weighted by Gasteiger charge is -2.13. The van der Waals surface area contributed by atoms with Gasteiger partial charge in [0, 0.05) is 33.7 Å². The van der Waals surface area contributed by atoms with Crippen LogP contribution in [0.15, 0.2) is 85.2 Å². The van der Waals surface area contributed by atoms with Crippen LogP contribution >= 0.6 is 11.6 Å². The van der Waals surface area contributed by atoms with Gasteiger partial charge in [-0.15, -0.1) is 0 Å². The SMILES string of the molecule is FC(F)(F)c1ccc(Nc2cc(-c3ccccc3Nc3ccc(Cl)cc3)ncn2)cc1. The average molecular weight is 441 g/mol. The van der Waals surface area contributed by atoms with E-state index in [2.05, 4.69) is 20.6 Å². The maximum absolute atomic E-state index is 12.7. The highest BCUT2D eigenvalue weighted by molar-refractivity contribution is 6.30. The fraction of sp³-hybridized carbons (Fsp3) is 0.0435. The molecule has 8 heteroatoms. The van der Waals surface area contributed by atoms with Gasteiger partial charge in [-0.25, -0.2) is 9.97 Å². The Morgan fingerprint density at radius 2 is 1.39 bits per heavy atom. The van der Waals surface area contributed by atoms with E-state index in [-0.39, 0.29) is 0 Å². The first kappa shape index (κ1) is 20.7. The predicted molar refractivity (Wildman–Crippen MR) is 117 cm³/mol. The molecule has 31 heavy (non-hydrogen) atoms. The molecular formula is C23H16ClF3N4. The smallest absolute Gasteiger partial charge is 0.355 e. The molecule has 3 aromatic carbocycles. The van der Waals surface area contributed by atoms with Gasteiger partial charge in [0.2, 0.25) is 0 Å². The number of hydrogen-bond donors (Lipinski definition) is 2. The summed E-state index contributed by atoms with van der Waals surface area (Å²) in [5.41, 5.74) is 2.99. The molecule has 0 aliphatic heterocycles. The van der Waals surface area contributed by atoms with E-state index in [1.54, 1.807) is 18.2 Å². The molecule has 1 aromatic heterocycles. The molecule has 156 valence electrons. The van der Waals surface area contributed by atoms with E-state index in [0.29, 0.717) is 22.2 Å². The Morgan fingerprint density at radius 1 is 0.742 bits per heavy atom. The van der Waals surface area contributed by atoms with Crippen LogP contribution in [0.3, 0.4) is 0 Å². The van der Waals surface area contributed by atoms with Crippen LogP contribution in [0.1, 0.15) is 5.56 Å². The van der Waals surface area contributed by atoms with E-state index in [1.807, 2.05) is 36.4 Å². The molecule has 4 rings (SSSR count). The van der Waals surface area contributed by atoms with Gasteiger partial charge in [0.25, 0.3) is 0 Å². The van der Waals surface area contributed by atoms with Crippen molar-refractivity contribution in [3.8, 4) is 11.3 Å². The van der Waals surface area contributed by atoms with Crippen LogP contribution < -0.4 is 10.6 Å². The summed E-state index contributed by atoms with van der Waals surface area (Å²) < 4.78 is 38.2. The van der Waals surface area contributed by atoms with Gasteiger partial charge in [-0.3, -0.25) is 0 Å². The summed E-state index contributed by atoms with van der Waals surface area (Å²) in [4.78, 5) is 8.53. The molecule has 0 aliphatic rings. The van der Waals surface area contributed by atoms with Gasteiger partial charge in [0.1, 0.15) is 12.1 Å². The molecule has 0 saturated carbocycles. The summed E-state index contributed by atoms with van der Waals surface area (Å²) in [7, 11) is 0. The summed E-state index contributed by atoms with van der Waals surface area (Å²) >= 11 is 5.95. The monoisotopic (exact) mass is 440 g/mol. The molecule has 0 amide bonds. The van der Waals surface area contributed by atoms with Gasteiger partial charge in [-0.1, -0.05) is 29.8 Å². The molecular weight excluding hydrogens is 425 g/mol. The Hall–Kier alpha value is -3.58. The average Bonchev–Trinajstić information content (AvgIpc) is 2.76. The van der Waals surface area contributed by atoms with Crippen molar-refractivity contribution in [3.05, 3.63) is 95.8 Å². The molecule has 0 bridgehead atoms. The minimum atomic E-state index is -4.37. The normalized spacial score (nSPS) is 11.2. The topological polar surface area (TPSA) is 49.8 Å². The third-order valence-corrected chi connectivity index (χ3v) is 4.73. The zero-order chi connectivity index (χ0) is 21.8. The van der Waals surface area contributed by atoms with Crippen molar-refractivity contribution in [1.82, 2.24) is 9.97 Å². The second kappa shape index (κ2) is 8.65. The van der Waals surface area contributed by atoms with Gasteiger partial charge in [0.05, 0.1) is 11.3 Å². The summed E-state index contributed by atoms with van der Waals surface area (Å²) in [6.07, 6.45) is -2.97. The van der Waals surface area contributed by atoms with Crippen molar-refractivity contribution in [1.29, 1.82) is 0 Å². The number of rotatable bonds is 5. The molecule has 0 spiro atoms.